The Bertz CT molecular complexity index is 616. The highest BCUT2D eigenvalue weighted by molar-refractivity contribution is 6.99. The maximum absolute atomic E-state index is 6.93. The SMILES string of the molecule is C/C=C/C[C@@H](C)CO[Si](c1ccccc1)(c1ccccc1)C(C)(C)C. The first kappa shape index (κ1) is 19.7. The molecule has 0 bridgehead atoms. The molecule has 25 heavy (non-hydrogen) atoms. The standard InChI is InChI=1S/C23H32OSi/c1-6-7-14-20(2)19-24-25(23(3,4)5,21-15-10-8-11-16-21)22-17-12-9-13-18-22/h6-13,15-18,20H,14,19H2,1-5H3/b7-6+/t20-/m1/s1. The Kier molecular flexibility index (Phi) is 6.80. The molecule has 0 N–H and O–H groups in total. The number of hydrogen-bond donors (Lipinski definition) is 0. The van der Waals surface area contributed by atoms with Crippen molar-refractivity contribution in [1.82, 2.24) is 0 Å². The van der Waals surface area contributed by atoms with Crippen molar-refractivity contribution in [2.24, 2.45) is 5.92 Å². The normalized spacial score (nSPS) is 14.0. The summed E-state index contributed by atoms with van der Waals surface area (Å²) in [5.41, 5.74) is 0. The van der Waals surface area contributed by atoms with Crippen molar-refractivity contribution in [3.63, 3.8) is 0 Å². The van der Waals surface area contributed by atoms with E-state index >= 15 is 0 Å². The second-order valence-electron chi connectivity index (χ2n) is 7.88. The van der Waals surface area contributed by atoms with E-state index in [2.05, 4.69) is 107 Å². The Morgan fingerprint density at radius 1 is 0.920 bits per heavy atom. The Hall–Kier alpha value is -1.64. The average molecular weight is 353 g/mol. The molecule has 0 saturated heterocycles. The van der Waals surface area contributed by atoms with Gasteiger partial charge in [-0.3, -0.25) is 0 Å². The van der Waals surface area contributed by atoms with Crippen molar-refractivity contribution in [3.8, 4) is 0 Å². The van der Waals surface area contributed by atoms with Crippen LogP contribution in [0.2, 0.25) is 5.04 Å². The highest BCUT2D eigenvalue weighted by atomic mass is 28.4. The lowest BCUT2D eigenvalue weighted by atomic mass is 10.1. The average Bonchev–Trinajstić information content (AvgIpc) is 2.61. The van der Waals surface area contributed by atoms with Crippen LogP contribution in [-0.2, 0) is 4.43 Å². The second-order valence-corrected chi connectivity index (χ2v) is 12.2. The number of allylic oxidation sites excluding steroid dienone is 2. The Morgan fingerprint density at radius 2 is 1.40 bits per heavy atom. The fraction of sp³-hybridized carbons (Fsp3) is 0.391. The third-order valence-electron chi connectivity index (χ3n) is 4.78. The monoisotopic (exact) mass is 352 g/mol. The van der Waals surface area contributed by atoms with Gasteiger partial charge in [0.25, 0.3) is 8.32 Å². The van der Waals surface area contributed by atoms with Gasteiger partial charge in [0.15, 0.2) is 0 Å². The summed E-state index contributed by atoms with van der Waals surface area (Å²) in [6.07, 6.45) is 5.42. The maximum atomic E-state index is 6.93. The van der Waals surface area contributed by atoms with Gasteiger partial charge in [0.1, 0.15) is 0 Å². The topological polar surface area (TPSA) is 9.23 Å². The molecule has 0 amide bonds. The molecule has 134 valence electrons. The lowest BCUT2D eigenvalue weighted by Crippen LogP contribution is -2.66. The van der Waals surface area contributed by atoms with Crippen molar-refractivity contribution < 1.29 is 4.43 Å². The predicted molar refractivity (Wildman–Crippen MR) is 112 cm³/mol. The Balaban J connectivity index is 2.49. The van der Waals surface area contributed by atoms with Crippen LogP contribution in [0.3, 0.4) is 0 Å². The van der Waals surface area contributed by atoms with Gasteiger partial charge in [-0.2, -0.15) is 0 Å². The summed E-state index contributed by atoms with van der Waals surface area (Å²) < 4.78 is 6.93. The molecule has 2 rings (SSSR count). The van der Waals surface area contributed by atoms with Gasteiger partial charge in [-0.15, -0.1) is 0 Å². The molecule has 1 atom stereocenters. The van der Waals surface area contributed by atoms with Crippen molar-refractivity contribution in [2.45, 2.75) is 46.1 Å². The van der Waals surface area contributed by atoms with Crippen molar-refractivity contribution in [2.75, 3.05) is 6.61 Å². The molecule has 0 saturated carbocycles. The molecule has 2 heteroatoms. The van der Waals surface area contributed by atoms with Gasteiger partial charge in [-0.05, 0) is 34.7 Å². The first-order valence-corrected chi connectivity index (χ1v) is 11.2. The van der Waals surface area contributed by atoms with Gasteiger partial charge < -0.3 is 4.43 Å². The van der Waals surface area contributed by atoms with E-state index in [0.29, 0.717) is 5.92 Å². The molecule has 0 aliphatic carbocycles. The second kappa shape index (κ2) is 8.64. The van der Waals surface area contributed by atoms with Crippen LogP contribution in [0.5, 0.6) is 0 Å². The summed E-state index contributed by atoms with van der Waals surface area (Å²) in [5.74, 6) is 0.512. The predicted octanol–water partition coefficient (Wildman–Crippen LogP) is 5.17. The van der Waals surface area contributed by atoms with Crippen LogP contribution < -0.4 is 10.4 Å². The van der Waals surface area contributed by atoms with E-state index in [4.69, 9.17) is 4.43 Å². The summed E-state index contributed by atoms with van der Waals surface area (Å²) in [5, 5.41) is 2.76. The minimum absolute atomic E-state index is 0.0516. The van der Waals surface area contributed by atoms with Crippen molar-refractivity contribution in [1.29, 1.82) is 0 Å². The first-order chi connectivity index (χ1) is 11.9. The van der Waals surface area contributed by atoms with E-state index in [9.17, 15) is 0 Å². The summed E-state index contributed by atoms with van der Waals surface area (Å²) in [7, 11) is -2.38. The van der Waals surface area contributed by atoms with Gasteiger partial charge in [-0.25, -0.2) is 0 Å². The minimum atomic E-state index is -2.38. The minimum Gasteiger partial charge on any atom is -0.407 e. The van der Waals surface area contributed by atoms with Crippen molar-refractivity contribution >= 4 is 18.7 Å². The smallest absolute Gasteiger partial charge is 0.261 e. The molecule has 2 aromatic rings. The lowest BCUT2D eigenvalue weighted by Gasteiger charge is -2.43. The third-order valence-corrected chi connectivity index (χ3v) is 9.78. The molecule has 0 radical (unpaired) electrons. The van der Waals surface area contributed by atoms with Gasteiger partial charge >= 0.3 is 0 Å². The quantitative estimate of drug-likeness (QED) is 0.494. The van der Waals surface area contributed by atoms with Crippen LogP contribution in [0, 0.1) is 5.92 Å². The Labute approximate surface area is 154 Å². The van der Waals surface area contributed by atoms with E-state index in [0.717, 1.165) is 13.0 Å². The van der Waals surface area contributed by atoms with E-state index in [1.165, 1.54) is 10.4 Å². The third kappa shape index (κ3) is 4.50. The maximum Gasteiger partial charge on any atom is 0.261 e. The van der Waals surface area contributed by atoms with Crippen LogP contribution in [0.4, 0.5) is 0 Å². The van der Waals surface area contributed by atoms with Gasteiger partial charge in [0.2, 0.25) is 0 Å². The van der Waals surface area contributed by atoms with Gasteiger partial charge in [0, 0.05) is 6.61 Å². The Morgan fingerprint density at radius 3 is 1.80 bits per heavy atom. The molecular formula is C23H32OSi. The molecule has 2 aromatic carbocycles. The van der Waals surface area contributed by atoms with Crippen molar-refractivity contribution in [3.05, 3.63) is 72.8 Å². The molecule has 0 aliphatic rings. The highest BCUT2D eigenvalue weighted by Crippen LogP contribution is 2.37. The highest BCUT2D eigenvalue weighted by Gasteiger charge is 2.50. The van der Waals surface area contributed by atoms with Crippen LogP contribution in [0.15, 0.2) is 72.8 Å². The number of rotatable bonds is 7. The number of benzene rings is 2. The summed E-state index contributed by atoms with van der Waals surface area (Å²) in [6, 6.07) is 21.7. The van der Waals surface area contributed by atoms with Crippen LogP contribution in [-0.4, -0.2) is 14.9 Å². The van der Waals surface area contributed by atoms with E-state index in [1.807, 2.05) is 0 Å². The van der Waals surface area contributed by atoms with Crippen LogP contribution >= 0.6 is 0 Å². The summed E-state index contributed by atoms with van der Waals surface area (Å²) >= 11 is 0. The molecule has 0 fully saturated rings. The molecule has 0 heterocycles. The first-order valence-electron chi connectivity index (χ1n) is 9.28. The zero-order valence-electron chi connectivity index (χ0n) is 16.3. The largest absolute Gasteiger partial charge is 0.407 e. The zero-order chi connectivity index (χ0) is 18.3. The molecule has 0 unspecified atom stereocenters. The fourth-order valence-electron chi connectivity index (χ4n) is 3.47. The van der Waals surface area contributed by atoms with Gasteiger partial charge in [0.05, 0.1) is 0 Å². The molecule has 0 spiro atoms. The molecule has 0 aromatic heterocycles. The van der Waals surface area contributed by atoms with E-state index in [-0.39, 0.29) is 5.04 Å². The summed E-state index contributed by atoms with van der Waals surface area (Å²) in [6.45, 7) is 12.1. The fourth-order valence-corrected chi connectivity index (χ4v) is 8.16. The number of hydrogen-bond acceptors (Lipinski definition) is 1. The van der Waals surface area contributed by atoms with Gasteiger partial charge in [-0.1, -0.05) is 101 Å². The van der Waals surface area contributed by atoms with E-state index < -0.39 is 8.32 Å². The van der Waals surface area contributed by atoms with E-state index in [1.54, 1.807) is 0 Å². The lowest BCUT2D eigenvalue weighted by molar-refractivity contribution is 0.246. The molecule has 1 nitrogen and oxygen atoms in total. The molecular weight excluding hydrogens is 320 g/mol. The summed E-state index contributed by atoms with van der Waals surface area (Å²) in [4.78, 5) is 0. The molecule has 0 aliphatic heterocycles. The van der Waals surface area contributed by atoms with Crippen LogP contribution in [0.25, 0.3) is 0 Å². The van der Waals surface area contributed by atoms with Crippen LogP contribution in [0.1, 0.15) is 41.0 Å². The zero-order valence-corrected chi connectivity index (χ0v) is 17.3.